The van der Waals surface area contributed by atoms with Gasteiger partial charge >= 0.3 is 0 Å². The lowest BCUT2D eigenvalue weighted by Gasteiger charge is -2.38. The van der Waals surface area contributed by atoms with E-state index in [1.807, 2.05) is 19.2 Å². The molecule has 0 atom stereocenters. The summed E-state index contributed by atoms with van der Waals surface area (Å²) in [5.41, 5.74) is 1.16. The van der Waals surface area contributed by atoms with Gasteiger partial charge in [0.05, 0.1) is 26.0 Å². The van der Waals surface area contributed by atoms with E-state index in [-0.39, 0.29) is 24.0 Å². The first-order chi connectivity index (χ1) is 13.3. The highest BCUT2D eigenvalue weighted by Crippen LogP contribution is 2.28. The maximum absolute atomic E-state index is 5.49. The standard InChI is InChI=1S/C20H34N4O3.HI/c1-21-20(22-10-6-7-15-27-17-16-25-2)24-13-11-23(12-14-24)18-8-4-5-9-19(18)26-3;/h4-5,8-9H,6-7,10-17H2,1-3H3,(H,21,22);1H. The Morgan fingerprint density at radius 2 is 1.79 bits per heavy atom. The highest BCUT2D eigenvalue weighted by Gasteiger charge is 2.21. The SMILES string of the molecule is CN=C(NCCCCOCCOC)N1CCN(c2ccccc2OC)CC1.I. The quantitative estimate of drug-likeness (QED) is 0.228. The third-order valence-electron chi connectivity index (χ3n) is 4.65. The molecule has 2 rings (SSSR count). The van der Waals surface area contributed by atoms with Crippen molar-refractivity contribution in [1.82, 2.24) is 10.2 Å². The minimum absolute atomic E-state index is 0. The van der Waals surface area contributed by atoms with Crippen LogP contribution in [0.15, 0.2) is 29.3 Å². The molecule has 1 aliphatic heterocycles. The average molecular weight is 506 g/mol. The molecular formula is C20H35IN4O3. The van der Waals surface area contributed by atoms with Crippen LogP contribution in [0.2, 0.25) is 0 Å². The summed E-state index contributed by atoms with van der Waals surface area (Å²) in [6.45, 7) is 6.81. The van der Waals surface area contributed by atoms with Crippen LogP contribution >= 0.6 is 24.0 Å². The summed E-state index contributed by atoms with van der Waals surface area (Å²) in [6, 6.07) is 8.20. The van der Waals surface area contributed by atoms with Crippen molar-refractivity contribution in [2.75, 3.05) is 78.7 Å². The molecule has 1 aliphatic rings. The third kappa shape index (κ3) is 8.00. The molecule has 0 aliphatic carbocycles. The molecule has 28 heavy (non-hydrogen) atoms. The van der Waals surface area contributed by atoms with Crippen LogP contribution in [0.5, 0.6) is 5.75 Å². The second kappa shape index (κ2) is 14.7. The summed E-state index contributed by atoms with van der Waals surface area (Å²) in [6.07, 6.45) is 2.10. The molecule has 0 bridgehead atoms. The Bertz CT molecular complexity index is 566. The number of aliphatic imine (C=N–C) groups is 1. The van der Waals surface area contributed by atoms with Gasteiger partial charge in [-0.2, -0.15) is 0 Å². The number of hydrogen-bond acceptors (Lipinski definition) is 5. The van der Waals surface area contributed by atoms with Crippen LogP contribution in [0, 0.1) is 0 Å². The van der Waals surface area contributed by atoms with Crippen LogP contribution in [-0.4, -0.2) is 84.7 Å². The Morgan fingerprint density at radius 1 is 1.04 bits per heavy atom. The first-order valence-electron chi connectivity index (χ1n) is 9.70. The molecule has 0 amide bonds. The lowest BCUT2D eigenvalue weighted by Crippen LogP contribution is -2.52. The van der Waals surface area contributed by atoms with Crippen LogP contribution in [0.1, 0.15) is 12.8 Å². The number of benzene rings is 1. The highest BCUT2D eigenvalue weighted by molar-refractivity contribution is 14.0. The normalized spacial score (nSPS) is 14.6. The molecule has 0 unspecified atom stereocenters. The molecule has 0 aromatic heterocycles. The van der Waals surface area contributed by atoms with Crippen molar-refractivity contribution in [3.63, 3.8) is 0 Å². The van der Waals surface area contributed by atoms with Crippen molar-refractivity contribution in [3.8, 4) is 5.75 Å². The number of para-hydroxylation sites is 2. The highest BCUT2D eigenvalue weighted by atomic mass is 127. The molecule has 1 saturated heterocycles. The number of rotatable bonds is 10. The minimum atomic E-state index is 0. The Labute approximate surface area is 186 Å². The van der Waals surface area contributed by atoms with Gasteiger partial charge < -0.3 is 29.3 Å². The van der Waals surface area contributed by atoms with Gasteiger partial charge in [-0.3, -0.25) is 4.99 Å². The summed E-state index contributed by atoms with van der Waals surface area (Å²) < 4.78 is 15.9. The van der Waals surface area contributed by atoms with Gasteiger partial charge in [-0.1, -0.05) is 12.1 Å². The molecule has 1 aromatic carbocycles. The number of piperazine rings is 1. The fourth-order valence-electron chi connectivity index (χ4n) is 3.16. The van der Waals surface area contributed by atoms with Gasteiger partial charge in [0.1, 0.15) is 5.75 Å². The summed E-state index contributed by atoms with van der Waals surface area (Å²) in [5, 5.41) is 3.47. The Hall–Kier alpha value is -1.26. The number of ether oxygens (including phenoxy) is 3. The number of nitrogens with one attached hydrogen (secondary N) is 1. The summed E-state index contributed by atoms with van der Waals surface area (Å²) in [5.74, 6) is 1.91. The van der Waals surface area contributed by atoms with Crippen LogP contribution in [0.4, 0.5) is 5.69 Å². The number of methoxy groups -OCH3 is 2. The first-order valence-corrected chi connectivity index (χ1v) is 9.70. The fraction of sp³-hybridized carbons (Fsp3) is 0.650. The topological polar surface area (TPSA) is 58.6 Å². The lowest BCUT2D eigenvalue weighted by molar-refractivity contribution is 0.0689. The lowest BCUT2D eigenvalue weighted by atomic mass is 10.2. The van der Waals surface area contributed by atoms with Crippen molar-refractivity contribution < 1.29 is 14.2 Å². The fourth-order valence-corrected chi connectivity index (χ4v) is 3.16. The molecule has 0 saturated carbocycles. The monoisotopic (exact) mass is 506 g/mol. The van der Waals surface area contributed by atoms with Gasteiger partial charge in [0.2, 0.25) is 0 Å². The van der Waals surface area contributed by atoms with Crippen LogP contribution in [0.3, 0.4) is 0 Å². The van der Waals surface area contributed by atoms with Crippen molar-refractivity contribution >= 4 is 35.6 Å². The molecule has 7 nitrogen and oxygen atoms in total. The maximum Gasteiger partial charge on any atom is 0.193 e. The maximum atomic E-state index is 5.49. The van der Waals surface area contributed by atoms with E-state index >= 15 is 0 Å². The number of nitrogens with zero attached hydrogens (tertiary/aromatic N) is 3. The van der Waals surface area contributed by atoms with Crippen molar-refractivity contribution in [2.45, 2.75) is 12.8 Å². The van der Waals surface area contributed by atoms with Gasteiger partial charge in [0, 0.05) is 53.5 Å². The molecule has 160 valence electrons. The van der Waals surface area contributed by atoms with Crippen molar-refractivity contribution in [2.24, 2.45) is 4.99 Å². The van der Waals surface area contributed by atoms with E-state index in [0.29, 0.717) is 13.2 Å². The Kier molecular flexibility index (Phi) is 13.0. The van der Waals surface area contributed by atoms with Gasteiger partial charge in [-0.25, -0.2) is 0 Å². The molecule has 0 spiro atoms. The van der Waals surface area contributed by atoms with E-state index in [0.717, 1.165) is 69.6 Å². The minimum Gasteiger partial charge on any atom is -0.495 e. The third-order valence-corrected chi connectivity index (χ3v) is 4.65. The predicted molar refractivity (Wildman–Crippen MR) is 125 cm³/mol. The Morgan fingerprint density at radius 3 is 2.46 bits per heavy atom. The largest absolute Gasteiger partial charge is 0.495 e. The van der Waals surface area contributed by atoms with E-state index < -0.39 is 0 Å². The Balaban J connectivity index is 0.00000392. The molecule has 8 heteroatoms. The van der Waals surface area contributed by atoms with Gasteiger partial charge in [-0.15, -0.1) is 24.0 Å². The first kappa shape index (κ1) is 24.8. The van der Waals surface area contributed by atoms with E-state index in [2.05, 4.69) is 32.2 Å². The zero-order valence-corrected chi connectivity index (χ0v) is 19.7. The molecule has 1 aromatic rings. The van der Waals surface area contributed by atoms with Crippen LogP contribution in [-0.2, 0) is 9.47 Å². The second-order valence-corrected chi connectivity index (χ2v) is 6.43. The van der Waals surface area contributed by atoms with Crippen LogP contribution < -0.4 is 15.0 Å². The summed E-state index contributed by atoms with van der Waals surface area (Å²) in [4.78, 5) is 9.14. The number of hydrogen-bond donors (Lipinski definition) is 1. The molecular weight excluding hydrogens is 471 g/mol. The van der Waals surface area contributed by atoms with Crippen molar-refractivity contribution in [3.05, 3.63) is 24.3 Å². The number of halogens is 1. The van der Waals surface area contributed by atoms with E-state index in [9.17, 15) is 0 Å². The number of guanidine groups is 1. The molecule has 1 heterocycles. The number of unbranched alkanes of at least 4 members (excludes halogenated alkanes) is 1. The molecule has 1 N–H and O–H groups in total. The van der Waals surface area contributed by atoms with Gasteiger partial charge in [-0.05, 0) is 25.0 Å². The molecule has 0 radical (unpaired) electrons. The zero-order chi connectivity index (χ0) is 19.3. The predicted octanol–water partition coefficient (Wildman–Crippen LogP) is 2.45. The zero-order valence-electron chi connectivity index (χ0n) is 17.4. The van der Waals surface area contributed by atoms with Crippen molar-refractivity contribution in [1.29, 1.82) is 0 Å². The van der Waals surface area contributed by atoms with Gasteiger partial charge in [0.15, 0.2) is 5.96 Å². The smallest absolute Gasteiger partial charge is 0.193 e. The summed E-state index contributed by atoms with van der Waals surface area (Å²) >= 11 is 0. The van der Waals surface area contributed by atoms with Gasteiger partial charge in [0.25, 0.3) is 0 Å². The molecule has 1 fully saturated rings. The number of anilines is 1. The second-order valence-electron chi connectivity index (χ2n) is 6.43. The van der Waals surface area contributed by atoms with E-state index in [1.165, 1.54) is 0 Å². The average Bonchev–Trinajstić information content (AvgIpc) is 2.73. The van der Waals surface area contributed by atoms with E-state index in [1.54, 1.807) is 14.2 Å². The van der Waals surface area contributed by atoms with E-state index in [4.69, 9.17) is 14.2 Å². The summed E-state index contributed by atoms with van der Waals surface area (Å²) in [7, 11) is 5.27. The van der Waals surface area contributed by atoms with Crippen LogP contribution in [0.25, 0.3) is 0 Å².